The highest BCUT2D eigenvalue weighted by Crippen LogP contribution is 2.23. The van der Waals surface area contributed by atoms with Crippen LogP contribution in [-0.2, 0) is 6.54 Å². The molecule has 0 unspecified atom stereocenters. The van der Waals surface area contributed by atoms with E-state index in [1.165, 1.54) is 10.9 Å². The highest BCUT2D eigenvalue weighted by Gasteiger charge is 2.23. The second kappa shape index (κ2) is 10.0. The summed E-state index contributed by atoms with van der Waals surface area (Å²) in [5, 5.41) is 17.4. The zero-order chi connectivity index (χ0) is 19.9. The third kappa shape index (κ3) is 5.34. The van der Waals surface area contributed by atoms with Gasteiger partial charge in [0.15, 0.2) is 0 Å². The molecule has 4 N–H and O–H groups in total. The molecule has 0 saturated carbocycles. The van der Waals surface area contributed by atoms with E-state index in [-0.39, 0.29) is 12.5 Å². The molecule has 0 bridgehead atoms. The second-order valence-corrected chi connectivity index (χ2v) is 8.13. The zero-order valence-electron chi connectivity index (χ0n) is 17.1. The first kappa shape index (κ1) is 20.8. The number of aliphatic hydroxyl groups excluding tert-OH is 1. The molecule has 0 spiro atoms. The summed E-state index contributed by atoms with van der Waals surface area (Å²) in [5.74, 6) is 0.427. The minimum absolute atomic E-state index is 0.0882. The molecule has 0 atom stereocenters. The first-order valence-corrected chi connectivity index (χ1v) is 10.5. The van der Waals surface area contributed by atoms with Crippen LogP contribution < -0.4 is 10.6 Å². The minimum Gasteiger partial charge on any atom is -0.396 e. The van der Waals surface area contributed by atoms with E-state index in [0.717, 1.165) is 63.1 Å². The molecule has 0 radical (unpaired) electrons. The minimum atomic E-state index is 0.0882. The Labute approximate surface area is 167 Å². The number of H-pyrrole nitrogens is 1. The van der Waals surface area contributed by atoms with Gasteiger partial charge >= 0.3 is 0 Å². The number of nitrogens with zero attached hydrogens (tertiary/aromatic N) is 1. The van der Waals surface area contributed by atoms with E-state index in [1.807, 2.05) is 23.2 Å². The number of rotatable bonds is 9. The van der Waals surface area contributed by atoms with E-state index >= 15 is 0 Å². The van der Waals surface area contributed by atoms with Gasteiger partial charge in [-0.2, -0.15) is 0 Å². The molecule has 1 saturated heterocycles. The van der Waals surface area contributed by atoms with Gasteiger partial charge in [0.1, 0.15) is 0 Å². The van der Waals surface area contributed by atoms with Crippen LogP contribution in [0, 0.1) is 5.92 Å². The molecule has 0 aliphatic carbocycles. The van der Waals surface area contributed by atoms with Gasteiger partial charge in [-0.1, -0.05) is 19.9 Å². The molecule has 6 heteroatoms. The molecule has 1 aromatic carbocycles. The lowest BCUT2D eigenvalue weighted by Gasteiger charge is -2.31. The number of carbonyl (C=O) groups is 1. The van der Waals surface area contributed by atoms with Crippen LogP contribution in [0.15, 0.2) is 24.4 Å². The van der Waals surface area contributed by atoms with Crippen molar-refractivity contribution in [3.63, 3.8) is 0 Å². The number of benzene rings is 1. The Kier molecular flexibility index (Phi) is 7.48. The third-order valence-electron chi connectivity index (χ3n) is 5.57. The molecule has 2 heterocycles. The van der Waals surface area contributed by atoms with Gasteiger partial charge in [-0.15, -0.1) is 0 Å². The fourth-order valence-corrected chi connectivity index (χ4v) is 3.79. The van der Waals surface area contributed by atoms with Gasteiger partial charge in [0.05, 0.1) is 0 Å². The summed E-state index contributed by atoms with van der Waals surface area (Å²) in [6.45, 7) is 8.84. The van der Waals surface area contributed by atoms with Gasteiger partial charge in [-0.05, 0) is 56.0 Å². The van der Waals surface area contributed by atoms with E-state index in [0.29, 0.717) is 12.0 Å². The lowest BCUT2D eigenvalue weighted by Crippen LogP contribution is -2.39. The lowest BCUT2D eigenvalue weighted by molar-refractivity contribution is 0.0651. The van der Waals surface area contributed by atoms with Crippen LogP contribution in [0.4, 0.5) is 0 Å². The lowest BCUT2D eigenvalue weighted by atomic mass is 9.97. The predicted octanol–water partition coefficient (Wildman–Crippen LogP) is 2.49. The summed E-state index contributed by atoms with van der Waals surface area (Å²) in [7, 11) is 0. The van der Waals surface area contributed by atoms with Crippen molar-refractivity contribution in [3.8, 4) is 0 Å². The molecule has 2 aromatic rings. The second-order valence-electron chi connectivity index (χ2n) is 8.13. The van der Waals surface area contributed by atoms with Crippen molar-refractivity contribution >= 4 is 16.8 Å². The van der Waals surface area contributed by atoms with Gasteiger partial charge in [-0.25, -0.2) is 0 Å². The number of fused-ring (bicyclic) bond motifs is 1. The molecule has 1 aliphatic heterocycles. The van der Waals surface area contributed by atoms with Gasteiger partial charge in [0.25, 0.3) is 5.91 Å². The highest BCUT2D eigenvalue weighted by atomic mass is 16.3. The maximum absolute atomic E-state index is 12.8. The Balaban J connectivity index is 1.54. The Morgan fingerprint density at radius 3 is 2.79 bits per heavy atom. The summed E-state index contributed by atoms with van der Waals surface area (Å²) in [6.07, 6.45) is 4.90. The Morgan fingerprint density at radius 1 is 1.29 bits per heavy atom. The summed E-state index contributed by atoms with van der Waals surface area (Å²) >= 11 is 0. The normalized spacial score (nSPS) is 15.6. The molecule has 1 aromatic heterocycles. The fourth-order valence-electron chi connectivity index (χ4n) is 3.79. The van der Waals surface area contributed by atoms with Gasteiger partial charge in [-0.3, -0.25) is 4.79 Å². The van der Waals surface area contributed by atoms with Crippen LogP contribution in [0.1, 0.15) is 49.0 Å². The number of piperidine rings is 1. The maximum Gasteiger partial charge on any atom is 0.253 e. The number of hydrogen-bond acceptors (Lipinski definition) is 4. The van der Waals surface area contributed by atoms with Crippen molar-refractivity contribution in [2.75, 3.05) is 32.8 Å². The van der Waals surface area contributed by atoms with Crippen LogP contribution in [0.2, 0.25) is 0 Å². The Morgan fingerprint density at radius 2 is 2.07 bits per heavy atom. The number of aromatic amines is 1. The molecule has 1 fully saturated rings. The SMILES string of the molecule is CC(C)NCCCNCc1c[nH]c2cc(C(=O)N3CCC(CO)CC3)ccc12. The zero-order valence-corrected chi connectivity index (χ0v) is 17.1. The van der Waals surface area contributed by atoms with Crippen molar-refractivity contribution in [3.05, 3.63) is 35.5 Å². The average molecular weight is 387 g/mol. The summed E-state index contributed by atoms with van der Waals surface area (Å²) in [6, 6.07) is 6.49. The molecule has 1 amide bonds. The van der Waals surface area contributed by atoms with Crippen molar-refractivity contribution < 1.29 is 9.90 Å². The van der Waals surface area contributed by atoms with Crippen molar-refractivity contribution in [1.29, 1.82) is 0 Å². The topological polar surface area (TPSA) is 80.4 Å². The number of carbonyl (C=O) groups excluding carboxylic acids is 1. The molecule has 3 rings (SSSR count). The third-order valence-corrected chi connectivity index (χ3v) is 5.57. The number of aromatic nitrogens is 1. The van der Waals surface area contributed by atoms with Crippen molar-refractivity contribution in [2.24, 2.45) is 5.92 Å². The Hall–Kier alpha value is -1.89. The van der Waals surface area contributed by atoms with Crippen molar-refractivity contribution in [2.45, 2.75) is 45.7 Å². The van der Waals surface area contributed by atoms with Crippen LogP contribution in [0.5, 0.6) is 0 Å². The van der Waals surface area contributed by atoms with E-state index in [4.69, 9.17) is 0 Å². The summed E-state index contributed by atoms with van der Waals surface area (Å²) in [4.78, 5) is 18.0. The fraction of sp³-hybridized carbons (Fsp3) is 0.591. The maximum atomic E-state index is 12.8. The van der Waals surface area contributed by atoms with E-state index in [9.17, 15) is 9.90 Å². The molecular formula is C22H34N4O2. The molecule has 154 valence electrons. The van der Waals surface area contributed by atoms with Gasteiger partial charge in [0, 0.05) is 54.9 Å². The highest BCUT2D eigenvalue weighted by molar-refractivity contribution is 5.98. The van der Waals surface area contributed by atoms with E-state index < -0.39 is 0 Å². The van der Waals surface area contributed by atoms with E-state index in [2.05, 4.69) is 35.5 Å². The van der Waals surface area contributed by atoms with E-state index in [1.54, 1.807) is 0 Å². The quantitative estimate of drug-likeness (QED) is 0.499. The first-order chi connectivity index (χ1) is 13.6. The smallest absolute Gasteiger partial charge is 0.253 e. The number of nitrogens with one attached hydrogen (secondary N) is 3. The van der Waals surface area contributed by atoms with Crippen molar-refractivity contribution in [1.82, 2.24) is 20.5 Å². The Bertz CT molecular complexity index is 763. The largest absolute Gasteiger partial charge is 0.396 e. The number of hydrogen-bond donors (Lipinski definition) is 4. The number of likely N-dealkylation sites (tertiary alicyclic amines) is 1. The molecule has 1 aliphatic rings. The first-order valence-electron chi connectivity index (χ1n) is 10.5. The monoisotopic (exact) mass is 386 g/mol. The average Bonchev–Trinajstić information content (AvgIpc) is 3.12. The number of aliphatic hydroxyl groups is 1. The number of amides is 1. The summed E-state index contributed by atoms with van der Waals surface area (Å²) in [5.41, 5.74) is 2.97. The van der Waals surface area contributed by atoms with Crippen LogP contribution in [0.3, 0.4) is 0 Å². The van der Waals surface area contributed by atoms with Crippen LogP contribution >= 0.6 is 0 Å². The van der Waals surface area contributed by atoms with Crippen LogP contribution in [0.25, 0.3) is 10.9 Å². The standard InChI is InChI=1S/C22H34N4O2/c1-16(2)24-9-3-8-23-13-19-14-25-21-12-18(4-5-20(19)21)22(28)26-10-6-17(15-27)7-11-26/h4-5,12,14,16-17,23-25,27H,3,6-11,13,15H2,1-2H3. The molecular weight excluding hydrogens is 352 g/mol. The van der Waals surface area contributed by atoms with Gasteiger partial charge in [0.2, 0.25) is 0 Å². The molecule has 28 heavy (non-hydrogen) atoms. The molecule has 6 nitrogen and oxygen atoms in total. The summed E-state index contributed by atoms with van der Waals surface area (Å²) < 4.78 is 0. The van der Waals surface area contributed by atoms with Crippen LogP contribution in [-0.4, -0.2) is 59.7 Å². The van der Waals surface area contributed by atoms with Gasteiger partial charge < -0.3 is 25.6 Å². The predicted molar refractivity (Wildman–Crippen MR) is 113 cm³/mol.